The normalized spacial score (nSPS) is 43.1. The molecule has 20 aliphatic carbocycles. The summed E-state index contributed by atoms with van der Waals surface area (Å²) in [6.45, 7) is 30.4. The standard InChI is InChI=1S/C48H54O6.C28H39NO6.C9H14O2.C8H13NO2.C4H8O.CH4.ClH.2H2S/c1-30-22-38-45(51,40(30)49)25-33(26-53-48(34-16-10-7-11-17-34,35-18-12-8-13-19-35)36-20-14-9-15-21-36)23-37-39-42(4,5)46(39,24-31(2)47(37,38)52)54-41(50)32(3)44-27-43(6,28-44)29-44;1-14-6-18-26(33,21(14)31)9-16(10-30)7-17-19-23(3,4)27(19,8-15(2)28(17,18)34)35-22(32)20(29)25-11-24(5,12-25)13-25;1-6(7(10)11)9-3-8(2,4-9)5-9;1-7-2-8(3-7,4-7)5(9)6(10)11;1-2-4-5-3-1;;;;/h7-23,31-32,37-39,51-52H,24-29H2,1-6H3;6-7,15,17-20,30,33-34H,8-13,29H2,1-5H3;6H,3-5H2,1-2H3,(H,10,11);5H,2-4,9H2,1H3,(H,10,11);1-4H2;1H4;1H;2*1H2/t31-,32-,37+,38-,39-,43?,44?,45-,46+,47-;15-,17+,18-,19-,20-,24?,25?,26-,27+,28-;;;;;;;/m11......./s1. The molecule has 24 rings (SSSR count). The Morgan fingerprint density at radius 3 is 1.17 bits per heavy atom. The number of aliphatic hydroxyl groups excluding tert-OH is 1. The van der Waals surface area contributed by atoms with Crippen molar-refractivity contribution in [1.82, 2.24) is 0 Å². The Morgan fingerprint density at radius 2 is 0.833 bits per heavy atom. The number of halogens is 1. The third-order valence-corrected chi connectivity index (χ3v) is 34.7. The lowest BCUT2D eigenvalue weighted by atomic mass is 9.33. The Labute approximate surface area is 730 Å². The lowest BCUT2D eigenvalue weighted by Gasteiger charge is -2.71. The van der Waals surface area contributed by atoms with Crippen molar-refractivity contribution in [2.75, 3.05) is 26.4 Å². The SMILES string of the molecule is C.C1CCOC1.CC(C(=O)O)C12CC(C)(C1)C2.CC12CC(C(N)C(=O)O)(C1)C2.CC1=C[C@H]2[C@@]3(O)[C@H](C)C[C@]4(OC(=O)[C@@H](C)C56CC(C)(C5)C6)[C@H]([C@@H]3C=C(COC(c3ccccc3)(c3ccccc3)c3ccccc3)C[C@]2(O)C1=O)C4(C)C.CC1=C[C@H]2[C@@]3(O)[C@H](C)C[C@]4(OC(=O)[C@@H](N)C56CC(C)(C5)C6)[C@H]([C@@H]3C=C(CO)C[C@]2(O)C1=O)C4(C)C.Cl.S.S. The van der Waals surface area contributed by atoms with Gasteiger partial charge in [-0.25, -0.2) is 0 Å². The van der Waals surface area contributed by atoms with Crippen molar-refractivity contribution in [3.8, 4) is 0 Å². The highest BCUT2D eigenvalue weighted by atomic mass is 35.5. The van der Waals surface area contributed by atoms with Gasteiger partial charge < -0.3 is 66.2 Å². The summed E-state index contributed by atoms with van der Waals surface area (Å²) < 4.78 is 25.4. The molecule has 1 heterocycles. The molecule has 22 heteroatoms. The number of carbonyl (C=O) groups excluding carboxylic acids is 4. The molecule has 3 aromatic rings. The van der Waals surface area contributed by atoms with Crippen molar-refractivity contribution in [1.29, 1.82) is 0 Å². The van der Waals surface area contributed by atoms with Crippen LogP contribution in [0.15, 0.2) is 138 Å². The first-order valence-corrected chi connectivity index (χ1v) is 43.3. The molecule has 8 bridgehead atoms. The predicted octanol–water partition coefficient (Wildman–Crippen LogP) is 14.9. The second kappa shape index (κ2) is 30.6. The van der Waals surface area contributed by atoms with Crippen molar-refractivity contribution in [2.45, 2.75) is 271 Å². The first-order valence-electron chi connectivity index (χ1n) is 43.3. The fourth-order valence-electron chi connectivity index (χ4n) is 29.4. The van der Waals surface area contributed by atoms with Crippen molar-refractivity contribution in [3.05, 3.63) is 154 Å². The van der Waals surface area contributed by atoms with E-state index >= 15 is 0 Å². The Morgan fingerprint density at radius 1 is 0.500 bits per heavy atom. The van der Waals surface area contributed by atoms with E-state index in [1.165, 1.54) is 12.8 Å². The maximum atomic E-state index is 14.1. The maximum absolute atomic E-state index is 14.1. The Balaban J connectivity index is 0.000000169. The van der Waals surface area contributed by atoms with E-state index in [1.807, 2.05) is 94.4 Å². The molecule has 0 amide bonds. The molecule has 21 aliphatic rings. The fourth-order valence-corrected chi connectivity index (χ4v) is 29.4. The van der Waals surface area contributed by atoms with E-state index in [0.717, 1.165) is 113 Å². The number of ketones is 2. The largest absolute Gasteiger partial charge is 0.481 e. The number of Topliss-reactive ketones (excluding diaryl/α,β-unsaturated/α-hetero) is 2. The minimum atomic E-state index is -1.84. The Bertz CT molecular complexity index is 4420. The lowest BCUT2D eigenvalue weighted by Crippen LogP contribution is -2.69. The van der Waals surface area contributed by atoms with Crippen LogP contribution in [0.3, 0.4) is 0 Å². The summed E-state index contributed by atoms with van der Waals surface area (Å²) in [5, 5.41) is 77.4. The molecule has 3 aromatic carbocycles. The van der Waals surface area contributed by atoms with Crippen molar-refractivity contribution in [2.24, 2.45) is 125 Å². The highest BCUT2D eigenvalue weighted by molar-refractivity contribution is 7.59. The molecule has 18 atom stereocenters. The average Bonchev–Trinajstić information content (AvgIpc) is 1.49. The minimum absolute atomic E-state index is 0. The van der Waals surface area contributed by atoms with Gasteiger partial charge in [0, 0.05) is 72.4 Å². The summed E-state index contributed by atoms with van der Waals surface area (Å²) in [5.74, 6) is -6.77. The number of esters is 2. The van der Waals surface area contributed by atoms with Gasteiger partial charge in [0.2, 0.25) is 0 Å². The van der Waals surface area contributed by atoms with Gasteiger partial charge in [0.05, 0.1) is 36.3 Å². The molecule has 660 valence electrons. The summed E-state index contributed by atoms with van der Waals surface area (Å²) in [6.07, 6.45) is 23.6. The predicted molar refractivity (Wildman–Crippen MR) is 471 cm³/mol. The third kappa shape index (κ3) is 13.5. The molecule has 1 saturated heterocycles. The Kier molecular flexibility index (Phi) is 23.9. The van der Waals surface area contributed by atoms with Crippen LogP contribution >= 0.6 is 39.4 Å². The number of aliphatic hydroxyl groups is 5. The number of carboxylic acid groups (broad SMARTS) is 2. The first kappa shape index (κ1) is 93.6. The molecule has 19 nitrogen and oxygen atoms in total. The summed E-state index contributed by atoms with van der Waals surface area (Å²) in [4.78, 5) is 75.8. The fraction of sp³-hybridized carbons (Fsp3) is 0.673. The molecule has 1 aliphatic heterocycles. The van der Waals surface area contributed by atoms with Crippen LogP contribution in [0.2, 0.25) is 0 Å². The van der Waals surface area contributed by atoms with Gasteiger partial charge in [0.15, 0.2) is 11.6 Å². The molecule has 0 spiro atoms. The third-order valence-electron chi connectivity index (χ3n) is 34.7. The summed E-state index contributed by atoms with van der Waals surface area (Å²) >= 11 is 0. The van der Waals surface area contributed by atoms with Crippen molar-refractivity contribution in [3.63, 3.8) is 0 Å². The van der Waals surface area contributed by atoms with Gasteiger partial charge in [-0.05, 0) is 211 Å². The molecule has 17 fully saturated rings. The van der Waals surface area contributed by atoms with Gasteiger partial charge >= 0.3 is 23.9 Å². The number of benzene rings is 3. The number of aliphatic carboxylic acids is 2. The number of hydrogen-bond donors (Lipinski definition) is 9. The monoisotopic (exact) mass is 1710 g/mol. The van der Waals surface area contributed by atoms with Gasteiger partial charge in [-0.2, -0.15) is 27.0 Å². The van der Waals surface area contributed by atoms with Crippen molar-refractivity contribution >= 4 is 74.8 Å². The number of fused-ring (bicyclic) bond motifs is 10. The summed E-state index contributed by atoms with van der Waals surface area (Å²) in [6, 6.07) is 29.2. The van der Waals surface area contributed by atoms with Crippen LogP contribution in [0, 0.1) is 113 Å². The molecule has 120 heavy (non-hydrogen) atoms. The van der Waals surface area contributed by atoms with E-state index in [2.05, 4.69) is 97.9 Å². The number of carbonyl (C=O) groups is 6. The zero-order chi connectivity index (χ0) is 83.8. The number of carboxylic acids is 2. The minimum Gasteiger partial charge on any atom is -0.481 e. The molecule has 0 radical (unpaired) electrons. The van der Waals surface area contributed by atoms with E-state index < -0.39 is 97.7 Å². The van der Waals surface area contributed by atoms with Gasteiger partial charge in [0.1, 0.15) is 40.1 Å². The lowest BCUT2D eigenvalue weighted by molar-refractivity contribution is -0.234. The van der Waals surface area contributed by atoms with E-state index in [-0.39, 0.29) is 154 Å². The zero-order valence-corrected chi connectivity index (χ0v) is 75.0. The quantitative estimate of drug-likeness (QED) is 0.0344. The molecule has 16 saturated carbocycles. The number of ether oxygens (including phenoxy) is 4. The van der Waals surface area contributed by atoms with Crippen LogP contribution in [0.1, 0.15) is 237 Å². The van der Waals surface area contributed by atoms with Crippen LogP contribution in [-0.2, 0) is 53.3 Å². The van der Waals surface area contributed by atoms with E-state index in [1.54, 1.807) is 19.9 Å². The Hall–Kier alpha value is -5.53. The highest BCUT2D eigenvalue weighted by Crippen LogP contribution is 2.82. The van der Waals surface area contributed by atoms with E-state index in [9.17, 15) is 54.3 Å². The number of rotatable bonds is 17. The summed E-state index contributed by atoms with van der Waals surface area (Å²) in [7, 11) is 0. The topological polar surface area (TPSA) is 333 Å². The van der Waals surface area contributed by atoms with E-state index in [4.69, 9.17) is 40.6 Å². The second-order valence-corrected chi connectivity index (χ2v) is 43.7. The van der Waals surface area contributed by atoms with Gasteiger partial charge in [-0.1, -0.05) is 206 Å². The van der Waals surface area contributed by atoms with Crippen LogP contribution in [0.25, 0.3) is 0 Å². The van der Waals surface area contributed by atoms with Gasteiger partial charge in [-0.15, -0.1) is 12.4 Å². The zero-order valence-electron chi connectivity index (χ0n) is 72.2. The molecule has 2 unspecified atom stereocenters. The average molecular weight is 1710 g/mol. The van der Waals surface area contributed by atoms with Crippen LogP contribution < -0.4 is 11.5 Å². The van der Waals surface area contributed by atoms with E-state index in [0.29, 0.717) is 51.2 Å². The summed E-state index contributed by atoms with van der Waals surface area (Å²) in [5.41, 5.74) is 8.94. The number of nitrogens with two attached hydrogens (primary N) is 2. The molecular formula is C98H137ClN2O17S2. The van der Waals surface area contributed by atoms with Crippen LogP contribution in [0.5, 0.6) is 0 Å². The van der Waals surface area contributed by atoms with Gasteiger partial charge in [0.25, 0.3) is 0 Å². The maximum Gasteiger partial charge on any atom is 0.324 e. The molecule has 0 aromatic heterocycles. The smallest absolute Gasteiger partial charge is 0.324 e. The first-order chi connectivity index (χ1) is 54.1. The van der Waals surface area contributed by atoms with Crippen LogP contribution in [-0.4, -0.2) is 143 Å². The van der Waals surface area contributed by atoms with Gasteiger partial charge in [-0.3, -0.25) is 28.8 Å². The molecular weight excluding hydrogens is 1580 g/mol. The number of hydrogen-bond acceptors (Lipinski definition) is 17. The second-order valence-electron chi connectivity index (χ2n) is 43.7. The highest BCUT2D eigenvalue weighted by Gasteiger charge is 2.86. The van der Waals surface area contributed by atoms with Crippen molar-refractivity contribution < 1.29 is 83.5 Å². The molecule has 11 N–H and O–H groups in total. The van der Waals surface area contributed by atoms with Crippen LogP contribution in [0.4, 0.5) is 0 Å².